The number of carbonyl (C=O) groups excluding carboxylic acids is 1. The van der Waals surface area contributed by atoms with Crippen molar-refractivity contribution in [3.8, 4) is 0 Å². The van der Waals surface area contributed by atoms with Gasteiger partial charge in [0.2, 0.25) is 0 Å². The zero-order valence-corrected chi connectivity index (χ0v) is 6.65. The molecule has 0 rings (SSSR count). The van der Waals surface area contributed by atoms with Crippen molar-refractivity contribution in [1.82, 2.24) is 5.06 Å². The quantitative estimate of drug-likeness (QED) is 0.251. The predicted octanol–water partition coefficient (Wildman–Crippen LogP) is 0.0870. The fourth-order valence-corrected chi connectivity index (χ4v) is 0.551. The maximum atomic E-state index is 10.6. The van der Waals surface area contributed by atoms with E-state index in [1.54, 1.807) is 0 Å². The van der Waals surface area contributed by atoms with Crippen LogP contribution in [0.5, 0.6) is 0 Å². The molecule has 0 saturated heterocycles. The molecule has 0 aliphatic carbocycles. The topological polar surface area (TPSA) is 65.9 Å². The Kier molecular flexibility index (Phi) is 4.98. The van der Waals surface area contributed by atoms with Crippen molar-refractivity contribution in [2.75, 3.05) is 13.1 Å². The Morgan fingerprint density at radius 2 is 2.18 bits per heavy atom. The summed E-state index contributed by atoms with van der Waals surface area (Å²) < 4.78 is 0. The number of nitrogens with zero attached hydrogens (tertiary/aromatic N) is 3. The van der Waals surface area contributed by atoms with Crippen LogP contribution in [-0.2, 0) is 9.63 Å². The molecule has 0 unspecified atom stereocenters. The highest BCUT2D eigenvalue weighted by molar-refractivity contribution is 6.20. The Labute approximate surface area is 65.1 Å². The van der Waals surface area contributed by atoms with E-state index in [4.69, 9.17) is 5.53 Å². The lowest BCUT2D eigenvalue weighted by atomic mass is 10.6. The molecule has 0 aromatic carbocycles. The standard InChI is InChI=1S/C6H11N3O2/c1-3-9(4-2)11-6(10)5-8-7/h5H,3-4H2,1-2H3. The molecule has 5 heteroatoms. The van der Waals surface area contributed by atoms with E-state index in [-0.39, 0.29) is 0 Å². The van der Waals surface area contributed by atoms with Crippen LogP contribution in [0, 0.1) is 0 Å². The van der Waals surface area contributed by atoms with Crippen molar-refractivity contribution in [3.05, 3.63) is 5.53 Å². The molecule has 0 atom stereocenters. The maximum Gasteiger partial charge on any atom is 0.432 e. The predicted molar refractivity (Wildman–Crippen MR) is 38.7 cm³/mol. The molecule has 0 fully saturated rings. The van der Waals surface area contributed by atoms with Crippen molar-refractivity contribution in [2.24, 2.45) is 0 Å². The minimum absolute atomic E-state index is 0.613. The van der Waals surface area contributed by atoms with Crippen molar-refractivity contribution in [3.63, 3.8) is 0 Å². The van der Waals surface area contributed by atoms with Gasteiger partial charge in [-0.1, -0.05) is 0 Å². The molecule has 0 heterocycles. The Bertz CT molecular complexity index is 171. The van der Waals surface area contributed by atoms with Gasteiger partial charge in [-0.15, -0.1) is 5.06 Å². The van der Waals surface area contributed by atoms with Crippen LogP contribution in [0.2, 0.25) is 0 Å². The van der Waals surface area contributed by atoms with Gasteiger partial charge in [0, 0.05) is 13.1 Å². The molecule has 0 aliphatic rings. The highest BCUT2D eigenvalue weighted by atomic mass is 16.7. The van der Waals surface area contributed by atoms with E-state index in [9.17, 15) is 4.79 Å². The number of rotatable bonds is 4. The molecule has 0 amide bonds. The van der Waals surface area contributed by atoms with Crippen LogP contribution in [0.4, 0.5) is 0 Å². The van der Waals surface area contributed by atoms with Gasteiger partial charge in [-0.3, -0.25) is 0 Å². The Morgan fingerprint density at radius 3 is 2.55 bits per heavy atom. The molecule has 0 aromatic heterocycles. The van der Waals surface area contributed by atoms with Crippen LogP contribution in [0.1, 0.15) is 13.8 Å². The summed E-state index contributed by atoms with van der Waals surface area (Å²) in [4.78, 5) is 17.8. The summed E-state index contributed by atoms with van der Waals surface area (Å²) in [5.74, 6) is -0.670. The summed E-state index contributed by atoms with van der Waals surface area (Å²) in [5, 5.41) is 1.45. The highest BCUT2D eigenvalue weighted by Crippen LogP contribution is 1.87. The minimum Gasteiger partial charge on any atom is -0.361 e. The van der Waals surface area contributed by atoms with Crippen molar-refractivity contribution in [1.29, 1.82) is 0 Å². The monoisotopic (exact) mass is 157 g/mol. The first-order valence-corrected chi connectivity index (χ1v) is 3.38. The van der Waals surface area contributed by atoms with E-state index >= 15 is 0 Å². The first kappa shape index (κ1) is 9.81. The lowest BCUT2D eigenvalue weighted by Gasteiger charge is -2.13. The van der Waals surface area contributed by atoms with Gasteiger partial charge in [0.25, 0.3) is 0 Å². The number of hydroxylamine groups is 2. The second kappa shape index (κ2) is 5.58. The van der Waals surface area contributed by atoms with Gasteiger partial charge in [0.05, 0.1) is 0 Å². The molecule has 0 spiro atoms. The zero-order valence-electron chi connectivity index (χ0n) is 6.65. The fraction of sp³-hybridized carbons (Fsp3) is 0.667. The third-order valence-electron chi connectivity index (χ3n) is 1.09. The van der Waals surface area contributed by atoms with Gasteiger partial charge in [0.1, 0.15) is 0 Å². The van der Waals surface area contributed by atoms with E-state index in [2.05, 4.69) is 9.63 Å². The molecule has 0 bridgehead atoms. The zero-order chi connectivity index (χ0) is 8.69. The van der Waals surface area contributed by atoms with Crippen LogP contribution < -0.4 is 0 Å². The van der Waals surface area contributed by atoms with Crippen molar-refractivity contribution < 1.29 is 14.4 Å². The molecule has 62 valence electrons. The number of carbonyl (C=O) groups is 1. The van der Waals surface area contributed by atoms with E-state index in [1.807, 2.05) is 13.8 Å². The lowest BCUT2D eigenvalue weighted by molar-refractivity contribution is -0.182. The highest BCUT2D eigenvalue weighted by Gasteiger charge is 2.08. The van der Waals surface area contributed by atoms with Gasteiger partial charge in [-0.05, 0) is 13.8 Å². The summed E-state index contributed by atoms with van der Waals surface area (Å²) in [5.41, 5.74) is 7.95. The van der Waals surface area contributed by atoms with Crippen LogP contribution in [0.25, 0.3) is 5.53 Å². The average Bonchev–Trinajstić information content (AvgIpc) is 2.01. The van der Waals surface area contributed by atoms with Gasteiger partial charge in [-0.2, -0.15) is 4.79 Å². The first-order valence-electron chi connectivity index (χ1n) is 3.38. The van der Waals surface area contributed by atoms with Crippen LogP contribution >= 0.6 is 0 Å². The summed E-state index contributed by atoms with van der Waals surface area (Å²) in [6.45, 7) is 4.93. The molecule has 0 N–H and O–H groups in total. The normalized spacial score (nSPS) is 9.00. The minimum atomic E-state index is -0.670. The van der Waals surface area contributed by atoms with E-state index in [0.717, 1.165) is 0 Å². The molecule has 0 radical (unpaired) electrons. The lowest BCUT2D eigenvalue weighted by Crippen LogP contribution is -2.27. The summed E-state index contributed by atoms with van der Waals surface area (Å²) in [6, 6.07) is 0. The Balaban J connectivity index is 3.80. The van der Waals surface area contributed by atoms with Crippen molar-refractivity contribution in [2.45, 2.75) is 13.8 Å². The SMILES string of the molecule is CCN(CC)OC(=O)C=[N+]=[N-]. The third-order valence-corrected chi connectivity index (χ3v) is 1.09. The second-order valence-corrected chi connectivity index (χ2v) is 1.77. The Morgan fingerprint density at radius 1 is 1.64 bits per heavy atom. The molecule has 11 heavy (non-hydrogen) atoms. The first-order chi connectivity index (χ1) is 5.24. The van der Waals surface area contributed by atoms with Crippen LogP contribution in [0.15, 0.2) is 0 Å². The molecular formula is C6H11N3O2. The second-order valence-electron chi connectivity index (χ2n) is 1.77. The fourth-order valence-electron chi connectivity index (χ4n) is 0.551. The Hall–Kier alpha value is -1.19. The molecule has 0 saturated carbocycles. The maximum absolute atomic E-state index is 10.6. The average molecular weight is 157 g/mol. The molecule has 0 aliphatic heterocycles. The van der Waals surface area contributed by atoms with Gasteiger partial charge in [0.15, 0.2) is 0 Å². The number of hydrogen-bond donors (Lipinski definition) is 0. The van der Waals surface area contributed by atoms with Crippen LogP contribution in [-0.4, -0.2) is 35.1 Å². The molecule has 5 nitrogen and oxygen atoms in total. The van der Waals surface area contributed by atoms with Crippen LogP contribution in [0.3, 0.4) is 0 Å². The van der Waals surface area contributed by atoms with E-state index < -0.39 is 5.97 Å². The summed E-state index contributed by atoms with van der Waals surface area (Å²) in [7, 11) is 0. The number of hydrogen-bond acceptors (Lipinski definition) is 3. The molecule has 0 aromatic rings. The third kappa shape index (κ3) is 4.25. The summed E-state index contributed by atoms with van der Waals surface area (Å²) >= 11 is 0. The smallest absolute Gasteiger partial charge is 0.361 e. The molecular weight excluding hydrogens is 146 g/mol. The summed E-state index contributed by atoms with van der Waals surface area (Å²) in [6.07, 6.45) is 0.707. The van der Waals surface area contributed by atoms with Gasteiger partial charge < -0.3 is 10.4 Å². The van der Waals surface area contributed by atoms with Crippen molar-refractivity contribution >= 4 is 12.2 Å². The van der Waals surface area contributed by atoms with E-state index in [1.165, 1.54) is 5.06 Å². The van der Waals surface area contributed by atoms with E-state index in [0.29, 0.717) is 19.3 Å². The largest absolute Gasteiger partial charge is 0.432 e. The van der Waals surface area contributed by atoms with Gasteiger partial charge in [-0.25, -0.2) is 4.79 Å². The van der Waals surface area contributed by atoms with Gasteiger partial charge >= 0.3 is 12.2 Å².